The van der Waals surface area contributed by atoms with Crippen LogP contribution in [0.1, 0.15) is 19.4 Å². The fourth-order valence-corrected chi connectivity index (χ4v) is 4.87. The summed E-state index contributed by atoms with van der Waals surface area (Å²) in [6, 6.07) is 13.5. The Hall–Kier alpha value is -2.13. The Labute approximate surface area is 172 Å². The zero-order valence-corrected chi connectivity index (χ0v) is 17.5. The molecule has 0 aromatic heterocycles. The highest BCUT2D eigenvalue weighted by Gasteiger charge is 2.30. The number of benzene rings is 2. The average Bonchev–Trinajstić information content (AvgIpc) is 3.15. The third-order valence-corrected chi connectivity index (χ3v) is 6.58. The molecule has 1 aliphatic rings. The van der Waals surface area contributed by atoms with Gasteiger partial charge in [0.05, 0.1) is 11.0 Å². The van der Waals surface area contributed by atoms with Crippen molar-refractivity contribution in [3.8, 4) is 11.5 Å². The van der Waals surface area contributed by atoms with E-state index in [0.29, 0.717) is 17.9 Å². The molecule has 2 aromatic rings. The third-order valence-electron chi connectivity index (χ3n) is 4.75. The quantitative estimate of drug-likeness (QED) is 0.643. The van der Waals surface area contributed by atoms with Crippen molar-refractivity contribution in [3.63, 3.8) is 0 Å². The van der Waals surface area contributed by atoms with Gasteiger partial charge < -0.3 is 20.3 Å². The van der Waals surface area contributed by atoms with Crippen molar-refractivity contribution >= 4 is 10.0 Å². The van der Waals surface area contributed by atoms with Crippen LogP contribution >= 0.6 is 0 Å². The Bertz CT molecular complexity index is 918. The first-order valence-corrected chi connectivity index (χ1v) is 11.1. The smallest absolute Gasteiger partial charge is 0.243 e. The molecular weight excluding hydrogens is 392 g/mol. The van der Waals surface area contributed by atoms with Gasteiger partial charge in [-0.1, -0.05) is 44.2 Å². The zero-order chi connectivity index (χ0) is 21.0. The van der Waals surface area contributed by atoms with E-state index < -0.39 is 22.2 Å². The number of hydrogen-bond acceptors (Lipinski definition) is 6. The van der Waals surface area contributed by atoms with E-state index >= 15 is 0 Å². The second-order valence-electron chi connectivity index (χ2n) is 7.65. The van der Waals surface area contributed by atoms with E-state index in [9.17, 15) is 13.5 Å². The monoisotopic (exact) mass is 420 g/mol. The Morgan fingerprint density at radius 2 is 1.76 bits per heavy atom. The van der Waals surface area contributed by atoms with Crippen molar-refractivity contribution in [1.29, 1.82) is 0 Å². The number of sulfonamides is 1. The highest BCUT2D eigenvalue weighted by Crippen LogP contribution is 2.34. The van der Waals surface area contributed by atoms with Crippen LogP contribution in [0.2, 0.25) is 0 Å². The largest absolute Gasteiger partial charge is 0.454 e. The number of nitrogens with two attached hydrogens (primary N) is 1. The van der Waals surface area contributed by atoms with Gasteiger partial charge in [0.15, 0.2) is 11.5 Å². The van der Waals surface area contributed by atoms with Gasteiger partial charge in [0.1, 0.15) is 0 Å². The molecular formula is C21H28N2O5S. The first-order valence-electron chi connectivity index (χ1n) is 9.64. The topological polar surface area (TPSA) is 102 Å². The van der Waals surface area contributed by atoms with Crippen molar-refractivity contribution in [2.45, 2.75) is 37.3 Å². The second-order valence-corrected chi connectivity index (χ2v) is 9.59. The van der Waals surface area contributed by atoms with Crippen LogP contribution in [0.25, 0.3) is 0 Å². The Morgan fingerprint density at radius 1 is 1.07 bits per heavy atom. The molecule has 0 saturated heterocycles. The first-order chi connectivity index (χ1) is 13.8. The van der Waals surface area contributed by atoms with Gasteiger partial charge >= 0.3 is 0 Å². The SMILES string of the molecule is CC(C)CN(CC(O)C(N)Cc1ccccc1)S(=O)(=O)c1ccc2c(c1)OCO2. The molecule has 8 heteroatoms. The van der Waals surface area contributed by atoms with Gasteiger partial charge in [-0.15, -0.1) is 0 Å². The Morgan fingerprint density at radius 3 is 2.45 bits per heavy atom. The van der Waals surface area contributed by atoms with E-state index in [1.54, 1.807) is 6.07 Å². The van der Waals surface area contributed by atoms with Gasteiger partial charge in [-0.05, 0) is 30.0 Å². The summed E-state index contributed by atoms with van der Waals surface area (Å²) in [4.78, 5) is 0.103. The van der Waals surface area contributed by atoms with Crippen LogP contribution in [0.4, 0.5) is 0 Å². The summed E-state index contributed by atoms with van der Waals surface area (Å²) < 4.78 is 38.4. The predicted molar refractivity (Wildman–Crippen MR) is 110 cm³/mol. The van der Waals surface area contributed by atoms with Crippen LogP contribution in [-0.2, 0) is 16.4 Å². The minimum Gasteiger partial charge on any atom is -0.454 e. The molecule has 0 saturated carbocycles. The van der Waals surface area contributed by atoms with Crippen molar-refractivity contribution in [1.82, 2.24) is 4.31 Å². The summed E-state index contributed by atoms with van der Waals surface area (Å²) in [5.41, 5.74) is 7.17. The molecule has 2 aromatic carbocycles. The van der Waals surface area contributed by atoms with E-state index in [1.165, 1.54) is 16.4 Å². The molecule has 3 N–H and O–H groups in total. The summed E-state index contributed by atoms with van der Waals surface area (Å²) >= 11 is 0. The molecule has 7 nitrogen and oxygen atoms in total. The zero-order valence-electron chi connectivity index (χ0n) is 16.7. The highest BCUT2D eigenvalue weighted by molar-refractivity contribution is 7.89. The molecule has 3 rings (SSSR count). The minimum absolute atomic E-state index is 0.0710. The summed E-state index contributed by atoms with van der Waals surface area (Å²) in [7, 11) is -3.84. The van der Waals surface area contributed by atoms with Crippen LogP contribution < -0.4 is 15.2 Å². The molecule has 0 amide bonds. The van der Waals surface area contributed by atoms with Crippen LogP contribution in [0.15, 0.2) is 53.4 Å². The normalized spacial score (nSPS) is 15.7. The summed E-state index contributed by atoms with van der Waals surface area (Å²) in [6.45, 7) is 4.12. The average molecular weight is 421 g/mol. The molecule has 0 spiro atoms. The number of nitrogens with zero attached hydrogens (tertiary/aromatic N) is 1. The van der Waals surface area contributed by atoms with Crippen molar-refractivity contribution in [3.05, 3.63) is 54.1 Å². The van der Waals surface area contributed by atoms with E-state index in [1.807, 2.05) is 44.2 Å². The molecule has 1 aliphatic heterocycles. The predicted octanol–water partition coefficient (Wildman–Crippen LogP) is 1.99. The molecule has 0 bridgehead atoms. The fraction of sp³-hybridized carbons (Fsp3) is 0.429. The lowest BCUT2D eigenvalue weighted by Gasteiger charge is -2.28. The summed E-state index contributed by atoms with van der Waals surface area (Å²) in [6.07, 6.45) is -0.542. The van der Waals surface area contributed by atoms with Gasteiger partial charge in [0, 0.05) is 25.2 Å². The number of aliphatic hydroxyl groups excluding tert-OH is 1. The first kappa shape index (κ1) is 21.6. The number of fused-ring (bicyclic) bond motifs is 1. The van der Waals surface area contributed by atoms with E-state index in [4.69, 9.17) is 15.2 Å². The lowest BCUT2D eigenvalue weighted by atomic mass is 10.0. The molecule has 1 heterocycles. The Balaban J connectivity index is 1.77. The maximum Gasteiger partial charge on any atom is 0.243 e. The second kappa shape index (κ2) is 9.13. The maximum atomic E-state index is 13.3. The number of aliphatic hydroxyl groups is 1. The number of rotatable bonds is 9. The fourth-order valence-electron chi connectivity index (χ4n) is 3.23. The lowest BCUT2D eigenvalue weighted by molar-refractivity contribution is 0.116. The third kappa shape index (κ3) is 5.27. The molecule has 2 unspecified atom stereocenters. The molecule has 2 atom stereocenters. The van der Waals surface area contributed by atoms with Gasteiger partial charge in [-0.2, -0.15) is 4.31 Å². The summed E-state index contributed by atoms with van der Waals surface area (Å²) in [5, 5.41) is 10.7. The molecule has 29 heavy (non-hydrogen) atoms. The van der Waals surface area contributed by atoms with Gasteiger partial charge in [0.25, 0.3) is 0 Å². The van der Waals surface area contributed by atoms with Gasteiger partial charge in [-0.3, -0.25) is 0 Å². The van der Waals surface area contributed by atoms with Crippen molar-refractivity contribution < 1.29 is 23.0 Å². The maximum absolute atomic E-state index is 13.3. The Kier molecular flexibility index (Phi) is 6.79. The molecule has 158 valence electrons. The van der Waals surface area contributed by atoms with Crippen molar-refractivity contribution in [2.75, 3.05) is 19.9 Å². The van der Waals surface area contributed by atoms with Gasteiger partial charge in [0.2, 0.25) is 16.8 Å². The van der Waals surface area contributed by atoms with Crippen LogP contribution in [0.5, 0.6) is 11.5 Å². The molecule has 0 radical (unpaired) electrons. The van der Waals surface area contributed by atoms with Crippen LogP contribution in [0.3, 0.4) is 0 Å². The summed E-state index contributed by atoms with van der Waals surface area (Å²) in [5.74, 6) is 0.998. The van der Waals surface area contributed by atoms with Crippen LogP contribution in [0, 0.1) is 5.92 Å². The van der Waals surface area contributed by atoms with E-state index in [0.717, 1.165) is 5.56 Å². The van der Waals surface area contributed by atoms with Crippen LogP contribution in [-0.4, -0.2) is 49.9 Å². The van der Waals surface area contributed by atoms with Crippen molar-refractivity contribution in [2.24, 2.45) is 11.7 Å². The minimum atomic E-state index is -3.84. The number of ether oxygens (including phenoxy) is 2. The number of hydrogen-bond donors (Lipinski definition) is 2. The standard InChI is InChI=1S/C21H28N2O5S/c1-15(2)12-23(13-19(24)18(22)10-16-6-4-3-5-7-16)29(25,26)17-8-9-20-21(11-17)28-14-27-20/h3-9,11,15,18-19,24H,10,12-14,22H2,1-2H3. The van der Waals surface area contributed by atoms with Gasteiger partial charge in [-0.25, -0.2) is 8.42 Å². The van der Waals surface area contributed by atoms with E-state index in [2.05, 4.69) is 0 Å². The molecule has 0 aliphatic carbocycles. The lowest BCUT2D eigenvalue weighted by Crippen LogP contribution is -2.47. The highest BCUT2D eigenvalue weighted by atomic mass is 32.2. The molecule has 0 fully saturated rings. The van der Waals surface area contributed by atoms with E-state index in [-0.39, 0.29) is 30.7 Å².